The Balaban J connectivity index is 2.52. The largest absolute Gasteiger partial charge is 0.414 e. The number of Topliss-reactive ketones (excluding diaryl/α,β-unsaturated/α-hetero) is 1. The van der Waals surface area contributed by atoms with Crippen LogP contribution in [0.2, 0.25) is 0 Å². The summed E-state index contributed by atoms with van der Waals surface area (Å²) in [5.41, 5.74) is 0.304. The lowest BCUT2D eigenvalue weighted by Gasteiger charge is -2.08. The maximum absolute atomic E-state index is 11.8. The SMILES string of the molecule is CC(=O)c1ccc(OC(=O)NCC(F)(F)F)nc1. The van der Waals surface area contributed by atoms with Gasteiger partial charge in [-0.1, -0.05) is 0 Å². The smallest absolute Gasteiger partial charge is 0.391 e. The average molecular weight is 262 g/mol. The zero-order valence-electron chi connectivity index (χ0n) is 9.25. The third kappa shape index (κ3) is 4.81. The van der Waals surface area contributed by atoms with E-state index < -0.39 is 18.8 Å². The summed E-state index contributed by atoms with van der Waals surface area (Å²) < 4.78 is 39.8. The lowest BCUT2D eigenvalue weighted by Crippen LogP contribution is -2.35. The number of ketones is 1. The second-order valence-corrected chi connectivity index (χ2v) is 3.30. The lowest BCUT2D eigenvalue weighted by molar-refractivity contribution is -0.123. The summed E-state index contributed by atoms with van der Waals surface area (Å²) in [5, 5.41) is 1.52. The number of nitrogens with zero attached hydrogens (tertiary/aromatic N) is 1. The van der Waals surface area contributed by atoms with Crippen molar-refractivity contribution in [1.82, 2.24) is 10.3 Å². The summed E-state index contributed by atoms with van der Waals surface area (Å²) in [6.45, 7) is -0.162. The van der Waals surface area contributed by atoms with Gasteiger partial charge in [-0.25, -0.2) is 9.78 Å². The molecular weight excluding hydrogens is 253 g/mol. The van der Waals surface area contributed by atoms with E-state index in [2.05, 4.69) is 9.72 Å². The molecule has 0 saturated heterocycles. The Labute approximate surface area is 100.0 Å². The van der Waals surface area contributed by atoms with Crippen LogP contribution in [-0.2, 0) is 0 Å². The zero-order valence-corrected chi connectivity index (χ0v) is 9.25. The lowest BCUT2D eigenvalue weighted by atomic mass is 10.2. The summed E-state index contributed by atoms with van der Waals surface area (Å²) >= 11 is 0. The summed E-state index contributed by atoms with van der Waals surface area (Å²) in [7, 11) is 0. The standard InChI is InChI=1S/C10H9F3N2O3/c1-6(16)7-2-3-8(14-4-7)18-9(17)15-5-10(11,12)13/h2-4H,5H2,1H3,(H,15,17). The third-order valence-corrected chi connectivity index (χ3v) is 1.77. The Morgan fingerprint density at radius 3 is 2.50 bits per heavy atom. The monoisotopic (exact) mass is 262 g/mol. The first kappa shape index (κ1) is 13.9. The number of ether oxygens (including phenoxy) is 1. The van der Waals surface area contributed by atoms with Gasteiger partial charge in [0.05, 0.1) is 0 Å². The zero-order chi connectivity index (χ0) is 13.8. The number of carbonyl (C=O) groups excluding carboxylic acids is 2. The van der Waals surface area contributed by atoms with Crippen LogP contribution in [0, 0.1) is 0 Å². The summed E-state index contributed by atoms with van der Waals surface area (Å²) in [6.07, 6.45) is -4.62. The molecule has 0 fully saturated rings. The molecule has 0 aliphatic rings. The fourth-order valence-electron chi connectivity index (χ4n) is 0.952. The summed E-state index contributed by atoms with van der Waals surface area (Å²) in [5.74, 6) is -0.421. The molecule has 0 radical (unpaired) electrons. The molecule has 0 aliphatic heterocycles. The first-order valence-electron chi connectivity index (χ1n) is 4.77. The molecule has 1 rings (SSSR count). The van der Waals surface area contributed by atoms with E-state index in [1.807, 2.05) is 0 Å². The normalized spacial score (nSPS) is 10.9. The van der Waals surface area contributed by atoms with E-state index >= 15 is 0 Å². The van der Waals surface area contributed by atoms with Crippen LogP contribution < -0.4 is 10.1 Å². The third-order valence-electron chi connectivity index (χ3n) is 1.77. The molecule has 0 bridgehead atoms. The van der Waals surface area contributed by atoms with E-state index in [1.165, 1.54) is 24.4 Å². The summed E-state index contributed by atoms with van der Waals surface area (Å²) in [6, 6.07) is 2.56. The van der Waals surface area contributed by atoms with Crippen molar-refractivity contribution in [3.05, 3.63) is 23.9 Å². The molecule has 1 N–H and O–H groups in total. The molecule has 1 aromatic heterocycles. The highest BCUT2D eigenvalue weighted by molar-refractivity contribution is 5.93. The fourth-order valence-corrected chi connectivity index (χ4v) is 0.952. The molecule has 0 atom stereocenters. The Bertz CT molecular complexity index is 443. The Morgan fingerprint density at radius 2 is 2.06 bits per heavy atom. The minimum atomic E-state index is -4.51. The maximum atomic E-state index is 11.8. The van der Waals surface area contributed by atoms with Gasteiger partial charge < -0.3 is 10.1 Å². The van der Waals surface area contributed by atoms with Crippen molar-refractivity contribution in [2.45, 2.75) is 13.1 Å². The Kier molecular flexibility index (Phi) is 4.24. The van der Waals surface area contributed by atoms with Crippen LogP contribution in [0.4, 0.5) is 18.0 Å². The molecule has 0 aliphatic carbocycles. The maximum Gasteiger partial charge on any atom is 0.414 e. The minimum Gasteiger partial charge on any atom is -0.391 e. The topological polar surface area (TPSA) is 68.3 Å². The van der Waals surface area contributed by atoms with Gasteiger partial charge in [-0.15, -0.1) is 0 Å². The molecule has 0 aromatic carbocycles. The van der Waals surface area contributed by atoms with Gasteiger partial charge in [-0.3, -0.25) is 4.79 Å². The van der Waals surface area contributed by atoms with E-state index in [0.717, 1.165) is 6.20 Å². The van der Waals surface area contributed by atoms with Gasteiger partial charge in [-0.2, -0.15) is 13.2 Å². The van der Waals surface area contributed by atoms with E-state index in [-0.39, 0.29) is 11.7 Å². The number of hydrogen-bond acceptors (Lipinski definition) is 4. The quantitative estimate of drug-likeness (QED) is 0.845. The van der Waals surface area contributed by atoms with Crippen molar-refractivity contribution in [2.24, 2.45) is 0 Å². The first-order valence-corrected chi connectivity index (χ1v) is 4.77. The second-order valence-electron chi connectivity index (χ2n) is 3.30. The van der Waals surface area contributed by atoms with Gasteiger partial charge in [0.25, 0.3) is 0 Å². The van der Waals surface area contributed by atoms with Crippen molar-refractivity contribution >= 4 is 11.9 Å². The molecule has 0 saturated carbocycles. The van der Waals surface area contributed by atoms with E-state index in [1.54, 1.807) is 0 Å². The molecule has 1 heterocycles. The van der Waals surface area contributed by atoms with E-state index in [4.69, 9.17) is 0 Å². The van der Waals surface area contributed by atoms with Crippen LogP contribution in [0.3, 0.4) is 0 Å². The number of hydrogen-bond donors (Lipinski definition) is 1. The molecule has 1 amide bonds. The molecule has 5 nitrogen and oxygen atoms in total. The highest BCUT2D eigenvalue weighted by Gasteiger charge is 2.28. The van der Waals surface area contributed by atoms with Crippen molar-refractivity contribution in [3.63, 3.8) is 0 Å². The first-order chi connectivity index (χ1) is 8.28. The van der Waals surface area contributed by atoms with Crippen LogP contribution in [0.5, 0.6) is 5.88 Å². The predicted molar refractivity (Wildman–Crippen MR) is 54.3 cm³/mol. The van der Waals surface area contributed by atoms with E-state index in [9.17, 15) is 22.8 Å². The molecule has 1 aromatic rings. The number of nitrogens with one attached hydrogen (secondary N) is 1. The fraction of sp³-hybridized carbons (Fsp3) is 0.300. The molecule has 8 heteroatoms. The van der Waals surface area contributed by atoms with E-state index in [0.29, 0.717) is 5.56 Å². The van der Waals surface area contributed by atoms with Crippen molar-refractivity contribution in [3.8, 4) is 5.88 Å². The molecule has 0 spiro atoms. The van der Waals surface area contributed by atoms with Crippen LogP contribution in [0.1, 0.15) is 17.3 Å². The Hall–Kier alpha value is -2.12. The van der Waals surface area contributed by atoms with Gasteiger partial charge in [0.2, 0.25) is 5.88 Å². The summed E-state index contributed by atoms with van der Waals surface area (Å²) in [4.78, 5) is 25.4. The van der Waals surface area contributed by atoms with Crippen LogP contribution in [0.25, 0.3) is 0 Å². The van der Waals surface area contributed by atoms with Crippen LogP contribution >= 0.6 is 0 Å². The van der Waals surface area contributed by atoms with Crippen LogP contribution in [-0.4, -0.2) is 29.6 Å². The molecule has 98 valence electrons. The van der Waals surface area contributed by atoms with Gasteiger partial charge >= 0.3 is 12.3 Å². The number of aromatic nitrogens is 1. The Morgan fingerprint density at radius 1 is 1.39 bits per heavy atom. The number of amides is 1. The molecule has 0 unspecified atom stereocenters. The highest BCUT2D eigenvalue weighted by atomic mass is 19.4. The molecule has 18 heavy (non-hydrogen) atoms. The minimum absolute atomic E-state index is 0.195. The van der Waals surface area contributed by atoms with Crippen molar-refractivity contribution in [1.29, 1.82) is 0 Å². The van der Waals surface area contributed by atoms with Gasteiger partial charge in [0.15, 0.2) is 5.78 Å². The number of alkyl halides is 3. The van der Waals surface area contributed by atoms with Crippen LogP contribution in [0.15, 0.2) is 18.3 Å². The van der Waals surface area contributed by atoms with Gasteiger partial charge in [-0.05, 0) is 13.0 Å². The van der Waals surface area contributed by atoms with Crippen molar-refractivity contribution in [2.75, 3.05) is 6.54 Å². The van der Waals surface area contributed by atoms with Gasteiger partial charge in [0, 0.05) is 17.8 Å². The number of pyridine rings is 1. The number of carbonyl (C=O) groups is 2. The predicted octanol–water partition coefficient (Wildman–Crippen LogP) is 1.93. The van der Waals surface area contributed by atoms with Gasteiger partial charge in [0.1, 0.15) is 6.54 Å². The number of halogens is 3. The highest BCUT2D eigenvalue weighted by Crippen LogP contribution is 2.13. The molecular formula is C10H9F3N2O3. The second kappa shape index (κ2) is 5.48. The number of rotatable bonds is 3. The van der Waals surface area contributed by atoms with Crippen molar-refractivity contribution < 1.29 is 27.5 Å². The average Bonchev–Trinajstić information content (AvgIpc) is 2.26.